The molecule has 4 rings (SSSR count). The van der Waals surface area contributed by atoms with E-state index in [0.717, 1.165) is 43.4 Å². The molecule has 0 N–H and O–H groups in total. The number of hydrogen-bond donors (Lipinski definition) is 0. The minimum absolute atomic E-state index is 0.107. The second-order valence-corrected chi connectivity index (χ2v) is 6.37. The standard InChI is InChI=1S/C18H21N3O2/c22-18-17-12-15(13-23-16-4-2-1-3-5-16)19-21(17)11-10-20(18)9-8-14-6-7-14/h1-5,12,14H,6-11,13H2. The van der Waals surface area contributed by atoms with Gasteiger partial charge >= 0.3 is 0 Å². The molecule has 0 atom stereocenters. The van der Waals surface area contributed by atoms with Gasteiger partial charge in [-0.2, -0.15) is 5.10 Å². The maximum Gasteiger partial charge on any atom is 0.272 e. The molecule has 5 nitrogen and oxygen atoms in total. The maximum atomic E-state index is 12.6. The number of carbonyl (C=O) groups excluding carboxylic acids is 1. The van der Waals surface area contributed by atoms with E-state index in [1.54, 1.807) is 0 Å². The summed E-state index contributed by atoms with van der Waals surface area (Å²) in [4.78, 5) is 14.5. The molecule has 1 amide bonds. The molecule has 0 radical (unpaired) electrons. The lowest BCUT2D eigenvalue weighted by atomic mass is 10.2. The van der Waals surface area contributed by atoms with Gasteiger partial charge in [-0.1, -0.05) is 31.0 Å². The van der Waals surface area contributed by atoms with Crippen molar-refractivity contribution in [2.45, 2.75) is 32.4 Å². The van der Waals surface area contributed by atoms with Crippen LogP contribution in [0.5, 0.6) is 5.75 Å². The molecule has 5 heteroatoms. The molecule has 0 saturated heterocycles. The Kier molecular flexibility index (Phi) is 3.77. The van der Waals surface area contributed by atoms with Crippen molar-refractivity contribution in [3.05, 3.63) is 47.8 Å². The number of amides is 1. The minimum Gasteiger partial charge on any atom is -0.487 e. The first kappa shape index (κ1) is 14.3. The summed E-state index contributed by atoms with van der Waals surface area (Å²) in [6.07, 6.45) is 3.81. The van der Waals surface area contributed by atoms with Crippen LogP contribution in [0.25, 0.3) is 0 Å². The number of hydrogen-bond acceptors (Lipinski definition) is 3. The van der Waals surface area contributed by atoms with Crippen LogP contribution in [0.2, 0.25) is 0 Å². The van der Waals surface area contributed by atoms with Gasteiger partial charge in [0.15, 0.2) is 0 Å². The van der Waals surface area contributed by atoms with Gasteiger partial charge in [0.2, 0.25) is 0 Å². The lowest BCUT2D eigenvalue weighted by Crippen LogP contribution is -2.40. The van der Waals surface area contributed by atoms with Crippen molar-refractivity contribution in [3.8, 4) is 5.75 Å². The highest BCUT2D eigenvalue weighted by atomic mass is 16.5. The Labute approximate surface area is 135 Å². The van der Waals surface area contributed by atoms with Crippen LogP contribution >= 0.6 is 0 Å². The normalized spacial score (nSPS) is 17.2. The first-order valence-electron chi connectivity index (χ1n) is 8.33. The SMILES string of the molecule is O=C1c2cc(COc3ccccc3)nn2CCN1CCC1CC1. The van der Waals surface area contributed by atoms with Crippen molar-refractivity contribution < 1.29 is 9.53 Å². The predicted molar refractivity (Wildman–Crippen MR) is 86.2 cm³/mol. The van der Waals surface area contributed by atoms with Crippen LogP contribution in [0, 0.1) is 5.92 Å². The second kappa shape index (κ2) is 6.07. The third-order valence-corrected chi connectivity index (χ3v) is 4.55. The monoisotopic (exact) mass is 311 g/mol. The van der Waals surface area contributed by atoms with Gasteiger partial charge in [0, 0.05) is 13.1 Å². The van der Waals surface area contributed by atoms with Gasteiger partial charge in [0.1, 0.15) is 23.7 Å². The Morgan fingerprint density at radius 2 is 2.00 bits per heavy atom. The molecular formula is C18H21N3O2. The van der Waals surface area contributed by atoms with Gasteiger partial charge in [0.05, 0.1) is 6.54 Å². The topological polar surface area (TPSA) is 47.4 Å². The highest BCUT2D eigenvalue weighted by molar-refractivity contribution is 5.93. The van der Waals surface area contributed by atoms with Gasteiger partial charge in [-0.15, -0.1) is 0 Å². The molecule has 2 aromatic rings. The summed E-state index contributed by atoms with van der Waals surface area (Å²) in [7, 11) is 0. The Morgan fingerprint density at radius 1 is 1.17 bits per heavy atom. The van der Waals surface area contributed by atoms with E-state index in [1.807, 2.05) is 46.0 Å². The van der Waals surface area contributed by atoms with E-state index in [9.17, 15) is 4.79 Å². The van der Waals surface area contributed by atoms with E-state index in [0.29, 0.717) is 12.3 Å². The van der Waals surface area contributed by atoms with Gasteiger partial charge in [-0.3, -0.25) is 9.48 Å². The third-order valence-electron chi connectivity index (χ3n) is 4.55. The quantitative estimate of drug-likeness (QED) is 0.824. The summed E-state index contributed by atoms with van der Waals surface area (Å²) >= 11 is 0. The first-order valence-corrected chi connectivity index (χ1v) is 8.33. The summed E-state index contributed by atoms with van der Waals surface area (Å²) in [6.45, 7) is 2.81. The van der Waals surface area contributed by atoms with E-state index in [2.05, 4.69) is 5.10 Å². The number of para-hydroxylation sites is 1. The van der Waals surface area contributed by atoms with Crippen LogP contribution in [-0.2, 0) is 13.2 Å². The van der Waals surface area contributed by atoms with E-state index in [-0.39, 0.29) is 5.91 Å². The van der Waals surface area contributed by atoms with Crippen molar-refractivity contribution in [2.75, 3.05) is 13.1 Å². The molecule has 120 valence electrons. The molecule has 0 spiro atoms. The van der Waals surface area contributed by atoms with Crippen LogP contribution in [0.1, 0.15) is 35.4 Å². The molecule has 1 aliphatic heterocycles. The number of rotatable bonds is 6. The van der Waals surface area contributed by atoms with Gasteiger partial charge in [-0.05, 0) is 30.5 Å². The Balaban J connectivity index is 1.40. The minimum atomic E-state index is 0.107. The molecular weight excluding hydrogens is 290 g/mol. The summed E-state index contributed by atoms with van der Waals surface area (Å²) in [6, 6.07) is 11.5. The van der Waals surface area contributed by atoms with Crippen molar-refractivity contribution >= 4 is 5.91 Å². The van der Waals surface area contributed by atoms with E-state index >= 15 is 0 Å². The molecule has 1 fully saturated rings. The maximum absolute atomic E-state index is 12.6. The van der Waals surface area contributed by atoms with Crippen LogP contribution in [0.15, 0.2) is 36.4 Å². The van der Waals surface area contributed by atoms with Gasteiger partial charge in [-0.25, -0.2) is 0 Å². The molecule has 1 aromatic carbocycles. The van der Waals surface area contributed by atoms with Crippen molar-refractivity contribution in [1.29, 1.82) is 0 Å². The predicted octanol–water partition coefficient (Wildman–Crippen LogP) is 2.72. The average Bonchev–Trinajstić information content (AvgIpc) is 3.31. The summed E-state index contributed by atoms with van der Waals surface area (Å²) in [5.41, 5.74) is 1.50. The molecule has 1 aromatic heterocycles. The Morgan fingerprint density at radius 3 is 2.78 bits per heavy atom. The lowest BCUT2D eigenvalue weighted by molar-refractivity contribution is 0.0693. The van der Waals surface area contributed by atoms with Gasteiger partial charge < -0.3 is 9.64 Å². The third kappa shape index (κ3) is 3.23. The second-order valence-electron chi connectivity index (χ2n) is 6.37. The first-order chi connectivity index (χ1) is 11.3. The molecule has 0 bridgehead atoms. The fourth-order valence-electron chi connectivity index (χ4n) is 2.99. The number of aromatic nitrogens is 2. The zero-order valence-corrected chi connectivity index (χ0v) is 13.1. The zero-order valence-electron chi connectivity index (χ0n) is 13.1. The zero-order chi connectivity index (χ0) is 15.6. The number of nitrogens with zero attached hydrogens (tertiary/aromatic N) is 3. The van der Waals surface area contributed by atoms with Crippen LogP contribution in [0.3, 0.4) is 0 Å². The number of benzene rings is 1. The molecule has 2 heterocycles. The highest BCUT2D eigenvalue weighted by Crippen LogP contribution is 2.32. The smallest absolute Gasteiger partial charge is 0.272 e. The van der Waals surface area contributed by atoms with Crippen molar-refractivity contribution in [2.24, 2.45) is 5.92 Å². The van der Waals surface area contributed by atoms with Crippen LogP contribution in [-0.4, -0.2) is 33.7 Å². The van der Waals surface area contributed by atoms with Crippen LogP contribution in [0.4, 0.5) is 0 Å². The molecule has 2 aliphatic rings. The van der Waals surface area contributed by atoms with Crippen LogP contribution < -0.4 is 4.74 Å². The summed E-state index contributed by atoms with van der Waals surface area (Å²) in [5, 5.41) is 4.50. The fourth-order valence-corrected chi connectivity index (χ4v) is 2.99. The molecule has 1 saturated carbocycles. The number of carbonyl (C=O) groups is 1. The van der Waals surface area contributed by atoms with Gasteiger partial charge in [0.25, 0.3) is 5.91 Å². The number of fused-ring (bicyclic) bond motifs is 1. The van der Waals surface area contributed by atoms with E-state index < -0.39 is 0 Å². The fraction of sp³-hybridized carbons (Fsp3) is 0.444. The summed E-state index contributed by atoms with van der Waals surface area (Å²) in [5.74, 6) is 1.77. The summed E-state index contributed by atoms with van der Waals surface area (Å²) < 4.78 is 7.54. The molecule has 0 unspecified atom stereocenters. The Hall–Kier alpha value is -2.30. The largest absolute Gasteiger partial charge is 0.487 e. The average molecular weight is 311 g/mol. The lowest BCUT2D eigenvalue weighted by Gasteiger charge is -2.27. The Bertz CT molecular complexity index is 692. The van der Waals surface area contributed by atoms with Crippen molar-refractivity contribution in [3.63, 3.8) is 0 Å². The van der Waals surface area contributed by atoms with Crippen molar-refractivity contribution in [1.82, 2.24) is 14.7 Å². The van der Waals surface area contributed by atoms with E-state index in [1.165, 1.54) is 12.8 Å². The van der Waals surface area contributed by atoms with E-state index in [4.69, 9.17) is 4.74 Å². The molecule has 1 aliphatic carbocycles. The highest BCUT2D eigenvalue weighted by Gasteiger charge is 2.28. The molecule has 23 heavy (non-hydrogen) atoms. The number of ether oxygens (including phenoxy) is 1.